The number of fused-ring (bicyclic) bond motifs is 1. The number of halogens is 1. The summed E-state index contributed by atoms with van der Waals surface area (Å²) >= 11 is 0. The fraction of sp³-hybridized carbons (Fsp3) is 0.361. The number of amides is 1. The second kappa shape index (κ2) is 13.8. The maximum atomic E-state index is 14.3. The molecule has 1 aromatic heterocycles. The zero-order valence-electron chi connectivity index (χ0n) is 25.4. The Balaban J connectivity index is 0.00000180. The fourth-order valence-corrected chi connectivity index (χ4v) is 6.14. The highest BCUT2D eigenvalue weighted by atomic mass is 19.1. The lowest BCUT2D eigenvalue weighted by Crippen LogP contribution is -2.42. The number of nitrogens with zero attached hydrogens (tertiary/aromatic N) is 4. The van der Waals surface area contributed by atoms with Crippen LogP contribution in [0.3, 0.4) is 0 Å². The molecule has 222 valence electrons. The second-order valence-electron chi connectivity index (χ2n) is 11.2. The van der Waals surface area contributed by atoms with Gasteiger partial charge in [0.05, 0.1) is 22.7 Å². The summed E-state index contributed by atoms with van der Waals surface area (Å²) in [6, 6.07) is 22.4. The Hall–Kier alpha value is -4.28. The summed E-state index contributed by atoms with van der Waals surface area (Å²) in [7, 11) is 0. The number of rotatable bonds is 7. The molecule has 2 aliphatic rings. The van der Waals surface area contributed by atoms with Gasteiger partial charge in [-0.15, -0.1) is 0 Å². The molecule has 0 radical (unpaired) electrons. The van der Waals surface area contributed by atoms with Crippen LogP contribution in [-0.2, 0) is 6.54 Å². The van der Waals surface area contributed by atoms with Crippen molar-refractivity contribution in [1.82, 2.24) is 14.8 Å². The van der Waals surface area contributed by atoms with Crippen LogP contribution in [0.25, 0.3) is 22.0 Å². The van der Waals surface area contributed by atoms with E-state index >= 15 is 0 Å². The van der Waals surface area contributed by atoms with Crippen LogP contribution in [0.4, 0.5) is 10.2 Å². The Morgan fingerprint density at radius 3 is 2.47 bits per heavy atom. The van der Waals surface area contributed by atoms with E-state index in [4.69, 9.17) is 4.98 Å². The van der Waals surface area contributed by atoms with Gasteiger partial charge >= 0.3 is 0 Å². The molecule has 1 amide bonds. The number of hydrogen-bond donors (Lipinski definition) is 1. The first kappa shape index (κ1) is 30.2. The number of nitrogens with one attached hydrogen (secondary N) is 1. The Labute approximate surface area is 254 Å². The highest BCUT2D eigenvalue weighted by Crippen LogP contribution is 2.31. The molecule has 1 N–H and O–H groups in total. The Morgan fingerprint density at radius 1 is 0.977 bits per heavy atom. The van der Waals surface area contributed by atoms with E-state index in [9.17, 15) is 14.4 Å². The molecule has 4 aromatic rings. The molecule has 43 heavy (non-hydrogen) atoms. The molecule has 0 bridgehead atoms. The van der Waals surface area contributed by atoms with E-state index in [0.717, 1.165) is 72.2 Å². The van der Waals surface area contributed by atoms with E-state index in [1.807, 2.05) is 57.2 Å². The Morgan fingerprint density at radius 2 is 1.72 bits per heavy atom. The van der Waals surface area contributed by atoms with Crippen molar-refractivity contribution in [3.63, 3.8) is 0 Å². The molecule has 3 aromatic carbocycles. The third-order valence-electron chi connectivity index (χ3n) is 8.46. The lowest BCUT2D eigenvalue weighted by atomic mass is 9.99. The molecule has 7 heteroatoms. The third-order valence-corrected chi connectivity index (χ3v) is 8.46. The van der Waals surface area contributed by atoms with E-state index in [2.05, 4.69) is 21.2 Å². The fourth-order valence-electron chi connectivity index (χ4n) is 6.14. The summed E-state index contributed by atoms with van der Waals surface area (Å²) in [6.45, 7) is 10.3. The number of nitriles is 1. The monoisotopic (exact) mass is 577 g/mol. The summed E-state index contributed by atoms with van der Waals surface area (Å²) in [4.78, 5) is 23.7. The summed E-state index contributed by atoms with van der Waals surface area (Å²) < 4.78 is 13.9. The van der Waals surface area contributed by atoms with Crippen LogP contribution in [0.1, 0.15) is 66.6 Å². The molecule has 3 heterocycles. The van der Waals surface area contributed by atoms with Gasteiger partial charge in [-0.05, 0) is 110 Å². The van der Waals surface area contributed by atoms with Crippen LogP contribution in [0.2, 0.25) is 0 Å². The van der Waals surface area contributed by atoms with Gasteiger partial charge in [-0.25, -0.2) is 9.37 Å². The van der Waals surface area contributed by atoms with Crippen molar-refractivity contribution in [3.8, 4) is 17.2 Å². The van der Waals surface area contributed by atoms with Gasteiger partial charge in [0.2, 0.25) is 0 Å². The molecule has 0 aliphatic carbocycles. The standard InChI is InChI=1S/C34H34FN5O.C2H6/c1-23-6-12-28(35)17-27(23)21-37-33-19-31(34(41)40-16-4-5-29(40)22-39-14-2-3-15-39)30-18-26(11-13-32(30)38-33)25-9-7-24(20-36)8-10-25;1-2/h6-13,17-19,29H,2-5,14-16,21-22H2,1H3,(H,37,38);1-2H3/t29-;/m0./s1. The predicted octanol–water partition coefficient (Wildman–Crippen LogP) is 7.56. The van der Waals surface area contributed by atoms with Gasteiger partial charge in [0.25, 0.3) is 5.91 Å². The van der Waals surface area contributed by atoms with Gasteiger partial charge in [-0.3, -0.25) is 4.79 Å². The van der Waals surface area contributed by atoms with Crippen molar-refractivity contribution < 1.29 is 9.18 Å². The average molecular weight is 578 g/mol. The molecule has 0 saturated carbocycles. The lowest BCUT2D eigenvalue weighted by Gasteiger charge is -2.29. The molecule has 0 unspecified atom stereocenters. The number of anilines is 1. The van der Waals surface area contributed by atoms with Gasteiger partial charge in [0.1, 0.15) is 11.6 Å². The smallest absolute Gasteiger partial charge is 0.254 e. The largest absolute Gasteiger partial charge is 0.366 e. The summed E-state index contributed by atoms with van der Waals surface area (Å²) in [6.07, 6.45) is 4.49. The SMILES string of the molecule is CC.Cc1ccc(F)cc1CNc1cc(C(=O)N2CCC[C@H]2CN2CCCC2)c2cc(-c3ccc(C#N)cc3)ccc2n1. The third kappa shape index (κ3) is 6.87. The van der Waals surface area contributed by atoms with E-state index in [1.54, 1.807) is 18.2 Å². The number of hydrogen-bond acceptors (Lipinski definition) is 5. The van der Waals surface area contributed by atoms with Crippen LogP contribution in [0.15, 0.2) is 66.7 Å². The first-order valence-electron chi connectivity index (χ1n) is 15.5. The molecule has 0 spiro atoms. The van der Waals surface area contributed by atoms with E-state index in [-0.39, 0.29) is 17.8 Å². The van der Waals surface area contributed by atoms with Crippen LogP contribution < -0.4 is 5.32 Å². The predicted molar refractivity (Wildman–Crippen MR) is 171 cm³/mol. The molecule has 2 aliphatic heterocycles. The minimum Gasteiger partial charge on any atom is -0.366 e. The molecular weight excluding hydrogens is 537 g/mol. The number of aryl methyl sites for hydroxylation is 1. The molecule has 2 saturated heterocycles. The van der Waals surface area contributed by atoms with Crippen molar-refractivity contribution in [2.45, 2.75) is 59.0 Å². The lowest BCUT2D eigenvalue weighted by molar-refractivity contribution is 0.0710. The summed E-state index contributed by atoms with van der Waals surface area (Å²) in [5.41, 5.74) is 5.73. The average Bonchev–Trinajstić information content (AvgIpc) is 3.74. The molecule has 6 nitrogen and oxygen atoms in total. The molecule has 2 fully saturated rings. The van der Waals surface area contributed by atoms with Crippen molar-refractivity contribution in [2.75, 3.05) is 31.5 Å². The van der Waals surface area contributed by atoms with Crippen molar-refractivity contribution in [1.29, 1.82) is 5.26 Å². The normalized spacial score (nSPS) is 16.5. The van der Waals surface area contributed by atoms with Crippen molar-refractivity contribution in [2.24, 2.45) is 0 Å². The number of benzene rings is 3. The van der Waals surface area contributed by atoms with Crippen molar-refractivity contribution in [3.05, 3.63) is 94.8 Å². The van der Waals surface area contributed by atoms with E-state index in [0.29, 0.717) is 23.5 Å². The van der Waals surface area contributed by atoms with Crippen LogP contribution in [0.5, 0.6) is 0 Å². The maximum Gasteiger partial charge on any atom is 0.254 e. The molecular formula is C36H40FN5O. The quantitative estimate of drug-likeness (QED) is 0.245. The van der Waals surface area contributed by atoms with Gasteiger partial charge in [0.15, 0.2) is 0 Å². The Bertz CT molecular complexity index is 1620. The minimum absolute atomic E-state index is 0.0288. The first-order chi connectivity index (χ1) is 21.0. The molecule has 1 atom stereocenters. The second-order valence-corrected chi connectivity index (χ2v) is 11.2. The number of carbonyl (C=O) groups is 1. The van der Waals surface area contributed by atoms with E-state index < -0.39 is 0 Å². The van der Waals surface area contributed by atoms with Crippen LogP contribution >= 0.6 is 0 Å². The number of likely N-dealkylation sites (tertiary alicyclic amines) is 2. The topological polar surface area (TPSA) is 72.3 Å². The van der Waals surface area contributed by atoms with Gasteiger partial charge in [-0.2, -0.15) is 5.26 Å². The van der Waals surface area contributed by atoms with Crippen molar-refractivity contribution >= 4 is 22.6 Å². The van der Waals surface area contributed by atoms with Crippen LogP contribution in [-0.4, -0.2) is 52.9 Å². The van der Waals surface area contributed by atoms with Gasteiger partial charge in [-0.1, -0.05) is 38.1 Å². The Kier molecular flexibility index (Phi) is 9.68. The number of aromatic nitrogens is 1. The number of carbonyl (C=O) groups excluding carboxylic acids is 1. The maximum absolute atomic E-state index is 14.3. The summed E-state index contributed by atoms with van der Waals surface area (Å²) in [5, 5.41) is 13.3. The minimum atomic E-state index is -0.275. The zero-order chi connectivity index (χ0) is 30.3. The highest BCUT2D eigenvalue weighted by molar-refractivity contribution is 6.08. The van der Waals surface area contributed by atoms with Gasteiger partial charge < -0.3 is 15.1 Å². The molecule has 6 rings (SSSR count). The zero-order valence-corrected chi connectivity index (χ0v) is 25.4. The highest BCUT2D eigenvalue weighted by Gasteiger charge is 2.32. The van der Waals surface area contributed by atoms with E-state index in [1.165, 1.54) is 25.0 Å². The van der Waals surface area contributed by atoms with Crippen LogP contribution in [0, 0.1) is 24.1 Å². The number of pyridine rings is 1. The first-order valence-corrected chi connectivity index (χ1v) is 15.5. The van der Waals surface area contributed by atoms with Gasteiger partial charge in [0, 0.05) is 31.1 Å². The summed E-state index contributed by atoms with van der Waals surface area (Å²) in [5.74, 6) is 0.343.